The normalized spacial score (nSPS) is 12.5. The minimum atomic E-state index is -0.887. The molecular weight excluding hydrogens is 296 g/mol. The highest BCUT2D eigenvalue weighted by Gasteiger charge is 2.19. The van der Waals surface area contributed by atoms with Crippen molar-refractivity contribution >= 4 is 16.9 Å². The molecule has 3 heterocycles. The van der Waals surface area contributed by atoms with E-state index in [9.17, 15) is 9.90 Å². The first-order valence-corrected chi connectivity index (χ1v) is 7.28. The van der Waals surface area contributed by atoms with Gasteiger partial charge in [0.1, 0.15) is 11.9 Å². The van der Waals surface area contributed by atoms with Crippen LogP contribution >= 0.6 is 0 Å². The molecule has 2 N–H and O–H groups in total. The van der Waals surface area contributed by atoms with E-state index < -0.39 is 6.10 Å². The second-order valence-electron chi connectivity index (χ2n) is 5.46. The van der Waals surface area contributed by atoms with Crippen molar-refractivity contribution in [2.45, 2.75) is 20.0 Å². The molecule has 0 aliphatic heterocycles. The summed E-state index contributed by atoms with van der Waals surface area (Å²) in [6, 6.07) is 5.08. The fourth-order valence-electron chi connectivity index (χ4n) is 2.62. The lowest BCUT2D eigenvalue weighted by atomic mass is 10.1. The minimum Gasteiger partial charge on any atom is -0.467 e. The van der Waals surface area contributed by atoms with E-state index in [0.717, 1.165) is 16.8 Å². The molecule has 0 spiro atoms. The van der Waals surface area contributed by atoms with Gasteiger partial charge in [0.25, 0.3) is 5.91 Å². The van der Waals surface area contributed by atoms with Crippen LogP contribution in [0.4, 0.5) is 0 Å². The van der Waals surface area contributed by atoms with Crippen molar-refractivity contribution in [1.29, 1.82) is 0 Å². The van der Waals surface area contributed by atoms with Crippen molar-refractivity contribution < 1.29 is 14.3 Å². The SMILES string of the molecule is Cc1cc(C(=O)NCC(O)c2ccco2)c2c(C)nn(C)c2n1. The van der Waals surface area contributed by atoms with Crippen LogP contribution in [0.15, 0.2) is 28.9 Å². The molecule has 1 amide bonds. The van der Waals surface area contributed by atoms with E-state index in [1.54, 1.807) is 29.9 Å². The van der Waals surface area contributed by atoms with Gasteiger partial charge in [-0.25, -0.2) is 4.98 Å². The Bertz CT molecular complexity index is 852. The fraction of sp³-hybridized carbons (Fsp3) is 0.312. The number of carbonyl (C=O) groups is 1. The van der Waals surface area contributed by atoms with E-state index >= 15 is 0 Å². The predicted molar refractivity (Wildman–Crippen MR) is 84.0 cm³/mol. The van der Waals surface area contributed by atoms with Gasteiger partial charge in [0.05, 0.1) is 29.5 Å². The zero-order valence-corrected chi connectivity index (χ0v) is 13.2. The van der Waals surface area contributed by atoms with Crippen molar-refractivity contribution in [2.24, 2.45) is 7.05 Å². The highest BCUT2D eigenvalue weighted by atomic mass is 16.4. The summed E-state index contributed by atoms with van der Waals surface area (Å²) in [6.45, 7) is 3.73. The molecule has 23 heavy (non-hydrogen) atoms. The van der Waals surface area contributed by atoms with E-state index in [0.29, 0.717) is 17.0 Å². The third-order valence-electron chi connectivity index (χ3n) is 3.67. The zero-order chi connectivity index (χ0) is 16.6. The number of pyridine rings is 1. The number of furan rings is 1. The molecule has 1 atom stereocenters. The first-order valence-electron chi connectivity index (χ1n) is 7.28. The van der Waals surface area contributed by atoms with Crippen LogP contribution in [0.1, 0.15) is 33.6 Å². The largest absolute Gasteiger partial charge is 0.467 e. The van der Waals surface area contributed by atoms with Gasteiger partial charge in [-0.15, -0.1) is 0 Å². The maximum atomic E-state index is 12.5. The average molecular weight is 314 g/mol. The molecular formula is C16H18N4O3. The Morgan fingerprint density at radius 3 is 2.96 bits per heavy atom. The molecule has 3 aromatic rings. The van der Waals surface area contributed by atoms with Crippen molar-refractivity contribution in [2.75, 3.05) is 6.54 Å². The van der Waals surface area contributed by atoms with Gasteiger partial charge in [0.2, 0.25) is 0 Å². The molecule has 1 unspecified atom stereocenters. The summed E-state index contributed by atoms with van der Waals surface area (Å²) >= 11 is 0. The Hall–Kier alpha value is -2.67. The number of rotatable bonds is 4. The van der Waals surface area contributed by atoms with Crippen LogP contribution in [0, 0.1) is 13.8 Å². The number of aryl methyl sites for hydroxylation is 3. The Morgan fingerprint density at radius 2 is 2.26 bits per heavy atom. The Labute approximate surface area is 132 Å². The summed E-state index contributed by atoms with van der Waals surface area (Å²) in [6.07, 6.45) is 0.595. The standard InChI is InChI=1S/C16H18N4O3/c1-9-7-11(14-10(2)19-20(3)15(14)18-9)16(22)17-8-12(21)13-5-4-6-23-13/h4-7,12,21H,8H2,1-3H3,(H,17,22). The molecule has 0 bridgehead atoms. The molecule has 7 nitrogen and oxygen atoms in total. The summed E-state index contributed by atoms with van der Waals surface area (Å²) in [5.74, 6) is 0.140. The minimum absolute atomic E-state index is 0.0640. The van der Waals surface area contributed by atoms with E-state index in [1.807, 2.05) is 13.8 Å². The Balaban J connectivity index is 1.86. The quantitative estimate of drug-likeness (QED) is 0.763. The lowest BCUT2D eigenvalue weighted by molar-refractivity contribution is 0.0902. The van der Waals surface area contributed by atoms with Crippen LogP contribution in [0.3, 0.4) is 0 Å². The van der Waals surface area contributed by atoms with Crippen molar-refractivity contribution in [1.82, 2.24) is 20.1 Å². The molecule has 0 radical (unpaired) electrons. The highest BCUT2D eigenvalue weighted by Crippen LogP contribution is 2.21. The summed E-state index contributed by atoms with van der Waals surface area (Å²) < 4.78 is 6.78. The van der Waals surface area contributed by atoms with Crippen LogP contribution < -0.4 is 5.32 Å². The number of aromatic nitrogens is 3. The van der Waals surface area contributed by atoms with Gasteiger partial charge >= 0.3 is 0 Å². The van der Waals surface area contributed by atoms with Crippen LogP contribution in [0.25, 0.3) is 11.0 Å². The number of nitrogens with zero attached hydrogens (tertiary/aromatic N) is 3. The molecule has 120 valence electrons. The number of amides is 1. The maximum Gasteiger partial charge on any atom is 0.252 e. The second-order valence-corrected chi connectivity index (χ2v) is 5.46. The first-order chi connectivity index (χ1) is 11.0. The average Bonchev–Trinajstić information content (AvgIpc) is 3.13. The van der Waals surface area contributed by atoms with Crippen LogP contribution in [0.2, 0.25) is 0 Å². The highest BCUT2D eigenvalue weighted by molar-refractivity contribution is 6.06. The van der Waals surface area contributed by atoms with Crippen molar-refractivity contribution in [3.63, 3.8) is 0 Å². The van der Waals surface area contributed by atoms with E-state index in [2.05, 4.69) is 15.4 Å². The Morgan fingerprint density at radius 1 is 1.48 bits per heavy atom. The van der Waals surface area contributed by atoms with Crippen LogP contribution in [-0.2, 0) is 7.05 Å². The summed E-state index contributed by atoms with van der Waals surface area (Å²) in [5, 5.41) is 17.8. The van der Waals surface area contributed by atoms with Crippen LogP contribution in [0.5, 0.6) is 0 Å². The topological polar surface area (TPSA) is 93.2 Å². The number of carbonyl (C=O) groups excluding carboxylic acids is 1. The molecule has 0 aliphatic carbocycles. The number of nitrogens with one attached hydrogen (secondary N) is 1. The van der Waals surface area contributed by atoms with Crippen molar-refractivity contribution in [3.05, 3.63) is 47.2 Å². The molecule has 0 saturated heterocycles. The summed E-state index contributed by atoms with van der Waals surface area (Å²) in [5.41, 5.74) is 2.65. The Kier molecular flexibility index (Phi) is 3.87. The fourth-order valence-corrected chi connectivity index (χ4v) is 2.62. The van der Waals surface area contributed by atoms with E-state index in [1.165, 1.54) is 6.26 Å². The molecule has 0 aromatic carbocycles. The lowest BCUT2D eigenvalue weighted by Crippen LogP contribution is -2.28. The van der Waals surface area contributed by atoms with Crippen LogP contribution in [-0.4, -0.2) is 32.3 Å². The number of aliphatic hydroxyl groups is 1. The van der Waals surface area contributed by atoms with Gasteiger partial charge in [-0.05, 0) is 32.0 Å². The number of fused-ring (bicyclic) bond motifs is 1. The molecule has 3 aromatic heterocycles. The van der Waals surface area contributed by atoms with E-state index in [-0.39, 0.29) is 12.5 Å². The summed E-state index contributed by atoms with van der Waals surface area (Å²) in [7, 11) is 1.80. The number of hydrogen-bond donors (Lipinski definition) is 2. The molecule has 7 heteroatoms. The van der Waals surface area contributed by atoms with E-state index in [4.69, 9.17) is 4.42 Å². The zero-order valence-electron chi connectivity index (χ0n) is 13.2. The lowest BCUT2D eigenvalue weighted by Gasteiger charge is -2.11. The van der Waals surface area contributed by atoms with Gasteiger partial charge in [-0.2, -0.15) is 5.10 Å². The third kappa shape index (κ3) is 2.83. The summed E-state index contributed by atoms with van der Waals surface area (Å²) in [4.78, 5) is 17.0. The molecule has 0 saturated carbocycles. The smallest absolute Gasteiger partial charge is 0.252 e. The first kappa shape index (κ1) is 15.2. The van der Waals surface area contributed by atoms with Gasteiger partial charge in [-0.1, -0.05) is 0 Å². The predicted octanol–water partition coefficient (Wildman–Crippen LogP) is 1.64. The second kappa shape index (κ2) is 5.85. The van der Waals surface area contributed by atoms with Gasteiger partial charge in [0, 0.05) is 12.7 Å². The molecule has 0 aliphatic rings. The number of hydrogen-bond acceptors (Lipinski definition) is 5. The van der Waals surface area contributed by atoms with Gasteiger partial charge < -0.3 is 14.8 Å². The maximum absolute atomic E-state index is 12.5. The van der Waals surface area contributed by atoms with Gasteiger partial charge in [0.15, 0.2) is 5.65 Å². The molecule has 3 rings (SSSR count). The van der Waals surface area contributed by atoms with Crippen molar-refractivity contribution in [3.8, 4) is 0 Å². The van der Waals surface area contributed by atoms with Gasteiger partial charge in [-0.3, -0.25) is 9.48 Å². The number of aliphatic hydroxyl groups excluding tert-OH is 1. The monoisotopic (exact) mass is 314 g/mol. The third-order valence-corrected chi connectivity index (χ3v) is 3.67. The molecule has 0 fully saturated rings.